The molecule has 5 rings (SSSR count). The lowest BCUT2D eigenvalue weighted by atomic mass is 10.1. The van der Waals surface area contributed by atoms with Crippen LogP contribution in [0.2, 0.25) is 0 Å². The molecule has 162 valence electrons. The van der Waals surface area contributed by atoms with Crippen LogP contribution in [0, 0.1) is 5.82 Å². The zero-order valence-electron chi connectivity index (χ0n) is 17.2. The van der Waals surface area contributed by atoms with Gasteiger partial charge in [-0.15, -0.1) is 12.4 Å². The number of rotatable bonds is 4. The third-order valence-electron chi connectivity index (χ3n) is 5.64. The summed E-state index contributed by atoms with van der Waals surface area (Å²) in [6.07, 6.45) is 3.75. The molecule has 0 spiro atoms. The molecule has 1 saturated heterocycles. The Bertz CT molecular complexity index is 1020. The largest absolute Gasteiger partial charge is 0.486 e. The molecule has 5 nitrogen and oxygen atoms in total. The fourth-order valence-corrected chi connectivity index (χ4v) is 4.03. The Morgan fingerprint density at radius 1 is 0.806 bits per heavy atom. The number of hydrogen-bond donors (Lipinski definition) is 0. The molecule has 31 heavy (non-hydrogen) atoms. The molecule has 0 aliphatic carbocycles. The summed E-state index contributed by atoms with van der Waals surface area (Å²) in [7, 11) is 0. The smallest absolute Gasteiger partial charge is 0.163 e. The average Bonchev–Trinajstić information content (AvgIpc) is 2.80. The number of anilines is 1. The number of nitrogens with zero attached hydrogens (tertiary/aromatic N) is 3. The molecule has 0 bridgehead atoms. The Morgan fingerprint density at radius 2 is 1.55 bits per heavy atom. The van der Waals surface area contributed by atoms with Crippen molar-refractivity contribution in [3.05, 3.63) is 72.3 Å². The van der Waals surface area contributed by atoms with Crippen LogP contribution >= 0.6 is 12.4 Å². The summed E-state index contributed by atoms with van der Waals surface area (Å²) < 4.78 is 24.5. The van der Waals surface area contributed by atoms with Gasteiger partial charge < -0.3 is 14.4 Å². The number of aromatic nitrogens is 1. The van der Waals surface area contributed by atoms with Crippen LogP contribution in [0.3, 0.4) is 0 Å². The van der Waals surface area contributed by atoms with Crippen molar-refractivity contribution in [2.24, 2.45) is 0 Å². The fourth-order valence-electron chi connectivity index (χ4n) is 4.03. The van der Waals surface area contributed by atoms with Crippen LogP contribution in [0.4, 0.5) is 10.1 Å². The molecule has 0 saturated carbocycles. The highest BCUT2D eigenvalue weighted by Crippen LogP contribution is 2.34. The standard InChI is InChI=1S/C24H24FN3O2.ClH/c25-21-3-1-19(2-4-21)20-13-18(15-26-16-20)17-27-7-9-28(10-8-27)22-5-6-23-24(14-22)30-12-11-29-23;/h1-6,13-16H,7-12,17H2;1H. The van der Waals surface area contributed by atoms with Crippen molar-refractivity contribution in [3.8, 4) is 22.6 Å². The Labute approximate surface area is 187 Å². The summed E-state index contributed by atoms with van der Waals surface area (Å²) in [4.78, 5) is 9.23. The summed E-state index contributed by atoms with van der Waals surface area (Å²) in [5.41, 5.74) is 4.35. The molecule has 2 aliphatic heterocycles. The van der Waals surface area contributed by atoms with E-state index in [1.54, 1.807) is 12.1 Å². The van der Waals surface area contributed by atoms with Crippen LogP contribution in [-0.4, -0.2) is 49.3 Å². The number of ether oxygens (including phenoxy) is 2. The van der Waals surface area contributed by atoms with Crippen molar-refractivity contribution in [2.45, 2.75) is 6.54 Å². The second-order valence-corrected chi connectivity index (χ2v) is 7.68. The SMILES string of the molecule is Cl.Fc1ccc(-c2cncc(CN3CCN(c4ccc5c(c4)OCCO5)CC3)c2)cc1. The molecule has 7 heteroatoms. The molecule has 3 aromatic rings. The topological polar surface area (TPSA) is 37.8 Å². The molecule has 0 N–H and O–H groups in total. The lowest BCUT2D eigenvalue weighted by Gasteiger charge is -2.36. The van der Waals surface area contributed by atoms with Gasteiger partial charge in [-0.3, -0.25) is 9.88 Å². The van der Waals surface area contributed by atoms with Crippen molar-refractivity contribution < 1.29 is 13.9 Å². The Kier molecular flexibility index (Phi) is 6.59. The van der Waals surface area contributed by atoms with E-state index in [4.69, 9.17) is 9.47 Å². The fraction of sp³-hybridized carbons (Fsp3) is 0.292. The molecule has 2 aliphatic rings. The van der Waals surface area contributed by atoms with E-state index in [1.165, 1.54) is 23.4 Å². The van der Waals surface area contributed by atoms with E-state index >= 15 is 0 Å². The van der Waals surface area contributed by atoms with Crippen LogP contribution in [0.25, 0.3) is 11.1 Å². The summed E-state index contributed by atoms with van der Waals surface area (Å²) in [5.74, 6) is 1.45. The van der Waals surface area contributed by atoms with Crippen molar-refractivity contribution in [3.63, 3.8) is 0 Å². The van der Waals surface area contributed by atoms with Gasteiger partial charge in [-0.2, -0.15) is 0 Å². The number of pyridine rings is 1. The van der Waals surface area contributed by atoms with Crippen molar-refractivity contribution in [2.75, 3.05) is 44.3 Å². The van der Waals surface area contributed by atoms with E-state index in [0.717, 1.165) is 55.3 Å². The van der Waals surface area contributed by atoms with Gasteiger partial charge in [0.05, 0.1) is 0 Å². The quantitative estimate of drug-likeness (QED) is 0.599. The summed E-state index contributed by atoms with van der Waals surface area (Å²) in [5, 5.41) is 0. The highest BCUT2D eigenvalue weighted by Gasteiger charge is 2.20. The summed E-state index contributed by atoms with van der Waals surface area (Å²) >= 11 is 0. The second kappa shape index (κ2) is 9.54. The normalized spacial score (nSPS) is 16.0. The van der Waals surface area contributed by atoms with Gasteiger partial charge in [0.2, 0.25) is 0 Å². The minimum absolute atomic E-state index is 0. The molecule has 0 atom stereocenters. The van der Waals surface area contributed by atoms with E-state index in [2.05, 4.69) is 33.0 Å². The number of piperazine rings is 1. The van der Waals surface area contributed by atoms with Crippen molar-refractivity contribution in [1.29, 1.82) is 0 Å². The zero-order chi connectivity index (χ0) is 20.3. The number of hydrogen-bond acceptors (Lipinski definition) is 5. The van der Waals surface area contributed by atoms with Gasteiger partial charge in [-0.1, -0.05) is 12.1 Å². The lowest BCUT2D eigenvalue weighted by Crippen LogP contribution is -2.46. The number of fused-ring (bicyclic) bond motifs is 1. The van der Waals surface area contributed by atoms with E-state index in [9.17, 15) is 4.39 Å². The van der Waals surface area contributed by atoms with Crippen LogP contribution in [0.5, 0.6) is 11.5 Å². The Hall–Kier alpha value is -2.83. The van der Waals surface area contributed by atoms with Gasteiger partial charge in [-0.25, -0.2) is 4.39 Å². The second-order valence-electron chi connectivity index (χ2n) is 7.68. The maximum atomic E-state index is 13.2. The highest BCUT2D eigenvalue weighted by molar-refractivity contribution is 5.85. The molecular weight excluding hydrogens is 417 g/mol. The van der Waals surface area contributed by atoms with Crippen LogP contribution in [0.1, 0.15) is 5.56 Å². The van der Waals surface area contributed by atoms with E-state index in [0.29, 0.717) is 13.2 Å². The van der Waals surface area contributed by atoms with Gasteiger partial charge in [0.25, 0.3) is 0 Å². The average molecular weight is 442 g/mol. The first kappa shape index (κ1) is 21.4. The van der Waals surface area contributed by atoms with Gasteiger partial charge in [-0.05, 0) is 41.5 Å². The summed E-state index contributed by atoms with van der Waals surface area (Å²) in [6.45, 7) is 5.97. The minimum atomic E-state index is -0.223. The highest BCUT2D eigenvalue weighted by atomic mass is 35.5. The van der Waals surface area contributed by atoms with E-state index in [-0.39, 0.29) is 18.2 Å². The van der Waals surface area contributed by atoms with Gasteiger partial charge in [0.1, 0.15) is 19.0 Å². The first-order chi connectivity index (χ1) is 14.7. The first-order valence-corrected chi connectivity index (χ1v) is 10.3. The Balaban J connectivity index is 0.00000231. The molecule has 2 aromatic carbocycles. The van der Waals surface area contributed by atoms with E-state index in [1.807, 2.05) is 18.5 Å². The van der Waals surface area contributed by atoms with Crippen LogP contribution < -0.4 is 14.4 Å². The molecular formula is C24H25ClFN3O2. The summed E-state index contributed by atoms with van der Waals surface area (Å²) in [6, 6.07) is 14.9. The zero-order valence-corrected chi connectivity index (χ0v) is 18.0. The lowest BCUT2D eigenvalue weighted by molar-refractivity contribution is 0.171. The van der Waals surface area contributed by atoms with Crippen molar-refractivity contribution in [1.82, 2.24) is 9.88 Å². The predicted molar refractivity (Wildman–Crippen MR) is 122 cm³/mol. The monoisotopic (exact) mass is 441 g/mol. The van der Waals surface area contributed by atoms with Gasteiger partial charge in [0.15, 0.2) is 11.5 Å². The van der Waals surface area contributed by atoms with Crippen LogP contribution in [-0.2, 0) is 6.54 Å². The van der Waals surface area contributed by atoms with Gasteiger partial charge >= 0.3 is 0 Å². The predicted octanol–water partition coefficient (Wildman–Crippen LogP) is 4.40. The van der Waals surface area contributed by atoms with Gasteiger partial charge in [0, 0.05) is 62.4 Å². The third-order valence-corrected chi connectivity index (χ3v) is 5.64. The molecule has 1 aromatic heterocycles. The van der Waals surface area contributed by atoms with E-state index < -0.39 is 0 Å². The maximum Gasteiger partial charge on any atom is 0.163 e. The molecule has 3 heterocycles. The minimum Gasteiger partial charge on any atom is -0.486 e. The third kappa shape index (κ3) is 4.92. The number of halogens is 2. The van der Waals surface area contributed by atoms with Crippen LogP contribution in [0.15, 0.2) is 60.9 Å². The molecule has 1 fully saturated rings. The molecule has 0 amide bonds. The Morgan fingerprint density at radius 3 is 2.32 bits per heavy atom. The number of benzene rings is 2. The van der Waals surface area contributed by atoms with Crippen molar-refractivity contribution >= 4 is 18.1 Å². The first-order valence-electron chi connectivity index (χ1n) is 10.3. The maximum absolute atomic E-state index is 13.2. The molecule has 0 unspecified atom stereocenters. The molecule has 0 radical (unpaired) electrons.